The molecule has 3 rings (SSSR count). The lowest BCUT2D eigenvalue weighted by Crippen LogP contribution is -2.37. The number of carboxylic acid groups (broad SMARTS) is 1. The first-order chi connectivity index (χ1) is 12.0. The third kappa shape index (κ3) is 3.91. The van der Waals surface area contributed by atoms with Crippen molar-refractivity contribution in [3.63, 3.8) is 0 Å². The number of carboxylic acids is 1. The molecule has 4 heteroatoms. The molecule has 0 aromatic heterocycles. The van der Waals surface area contributed by atoms with Crippen molar-refractivity contribution < 1.29 is 14.6 Å². The Morgan fingerprint density at radius 3 is 2.40 bits per heavy atom. The van der Waals surface area contributed by atoms with Crippen molar-refractivity contribution in [1.29, 1.82) is 0 Å². The summed E-state index contributed by atoms with van der Waals surface area (Å²) >= 11 is 0. The number of benzene rings is 3. The smallest absolute Gasteiger partial charge is 0.347 e. The van der Waals surface area contributed by atoms with Crippen LogP contribution in [0.1, 0.15) is 19.4 Å². The monoisotopic (exact) mass is 335 g/mol. The number of hydrogen-bond acceptors (Lipinski definition) is 3. The Balaban J connectivity index is 1.69. The largest absolute Gasteiger partial charge is 0.478 e. The van der Waals surface area contributed by atoms with Crippen molar-refractivity contribution in [1.82, 2.24) is 0 Å². The Labute approximate surface area is 147 Å². The van der Waals surface area contributed by atoms with Gasteiger partial charge in [-0.1, -0.05) is 42.5 Å². The van der Waals surface area contributed by atoms with Crippen LogP contribution in [0.3, 0.4) is 0 Å². The molecule has 0 atom stereocenters. The summed E-state index contributed by atoms with van der Waals surface area (Å²) in [4.78, 5) is 11.1. The van der Waals surface area contributed by atoms with Crippen molar-refractivity contribution >= 4 is 22.4 Å². The van der Waals surface area contributed by atoms with Crippen LogP contribution in [-0.4, -0.2) is 16.7 Å². The van der Waals surface area contributed by atoms with E-state index in [1.165, 1.54) is 30.2 Å². The van der Waals surface area contributed by atoms with Crippen LogP contribution in [0, 0.1) is 0 Å². The molecule has 0 unspecified atom stereocenters. The number of ether oxygens (including phenoxy) is 1. The van der Waals surface area contributed by atoms with Crippen molar-refractivity contribution in [2.75, 3.05) is 5.32 Å². The second-order valence-electron chi connectivity index (χ2n) is 6.43. The molecule has 2 N–H and O–H groups in total. The van der Waals surface area contributed by atoms with Gasteiger partial charge in [0, 0.05) is 12.2 Å². The molecule has 0 aliphatic rings. The van der Waals surface area contributed by atoms with Crippen LogP contribution in [0.25, 0.3) is 10.8 Å². The molecule has 0 fully saturated rings. The molecule has 0 amide bonds. The normalized spacial score (nSPS) is 11.3. The first-order valence-electron chi connectivity index (χ1n) is 8.19. The van der Waals surface area contributed by atoms with Gasteiger partial charge in [0.15, 0.2) is 5.60 Å². The predicted molar refractivity (Wildman–Crippen MR) is 100 cm³/mol. The van der Waals surface area contributed by atoms with Gasteiger partial charge >= 0.3 is 5.97 Å². The van der Waals surface area contributed by atoms with E-state index in [0.29, 0.717) is 12.3 Å². The highest BCUT2D eigenvalue weighted by Crippen LogP contribution is 2.23. The second-order valence-corrected chi connectivity index (χ2v) is 6.43. The molecule has 0 radical (unpaired) electrons. The highest BCUT2D eigenvalue weighted by molar-refractivity contribution is 5.85. The van der Waals surface area contributed by atoms with E-state index in [0.717, 1.165) is 5.69 Å². The summed E-state index contributed by atoms with van der Waals surface area (Å²) in [6.45, 7) is 3.77. The van der Waals surface area contributed by atoms with Gasteiger partial charge in [-0.2, -0.15) is 0 Å². The van der Waals surface area contributed by atoms with Crippen molar-refractivity contribution in [2.45, 2.75) is 26.0 Å². The van der Waals surface area contributed by atoms with E-state index in [1.54, 1.807) is 12.1 Å². The fourth-order valence-electron chi connectivity index (χ4n) is 2.62. The zero-order valence-electron chi connectivity index (χ0n) is 14.3. The van der Waals surface area contributed by atoms with E-state index >= 15 is 0 Å². The van der Waals surface area contributed by atoms with Crippen LogP contribution >= 0.6 is 0 Å². The summed E-state index contributed by atoms with van der Waals surface area (Å²) in [5, 5.41) is 15.0. The molecule has 128 valence electrons. The van der Waals surface area contributed by atoms with Crippen LogP contribution in [-0.2, 0) is 11.3 Å². The fourth-order valence-corrected chi connectivity index (χ4v) is 2.62. The lowest BCUT2D eigenvalue weighted by atomic mass is 10.0. The van der Waals surface area contributed by atoms with E-state index in [9.17, 15) is 4.79 Å². The summed E-state index contributed by atoms with van der Waals surface area (Å²) in [5.41, 5.74) is 0.927. The summed E-state index contributed by atoms with van der Waals surface area (Å²) in [6.07, 6.45) is 0. The van der Waals surface area contributed by atoms with E-state index in [2.05, 4.69) is 35.6 Å². The Hall–Kier alpha value is -3.01. The molecule has 0 heterocycles. The van der Waals surface area contributed by atoms with Gasteiger partial charge in [0.2, 0.25) is 0 Å². The zero-order chi connectivity index (χ0) is 17.9. The molecular formula is C21H21NO3. The second kappa shape index (κ2) is 6.85. The maximum Gasteiger partial charge on any atom is 0.347 e. The lowest BCUT2D eigenvalue weighted by molar-refractivity contribution is -0.152. The van der Waals surface area contributed by atoms with Crippen molar-refractivity contribution in [2.24, 2.45) is 0 Å². The van der Waals surface area contributed by atoms with Crippen LogP contribution in [0.4, 0.5) is 5.69 Å². The maximum absolute atomic E-state index is 11.1. The number of aliphatic carboxylic acids is 1. The first-order valence-corrected chi connectivity index (χ1v) is 8.19. The molecule has 0 spiro atoms. The van der Waals surface area contributed by atoms with Gasteiger partial charge in [0.1, 0.15) is 5.75 Å². The average Bonchev–Trinajstić information content (AvgIpc) is 2.60. The topological polar surface area (TPSA) is 58.6 Å². The summed E-state index contributed by atoms with van der Waals surface area (Å²) in [7, 11) is 0. The molecule has 3 aromatic rings. The standard InChI is InChI=1S/C21H21NO3/c1-21(2,20(23)24)25-18-12-10-17(11-13-18)22-14-16-8-5-7-15-6-3-4-9-19(15)16/h3-13,22H,14H2,1-2H3,(H,23,24). The number of fused-ring (bicyclic) bond motifs is 1. The summed E-state index contributed by atoms with van der Waals surface area (Å²) in [6, 6.07) is 21.9. The fraction of sp³-hybridized carbons (Fsp3) is 0.190. The first kappa shape index (κ1) is 16.8. The Morgan fingerprint density at radius 1 is 1.00 bits per heavy atom. The minimum atomic E-state index is -1.25. The van der Waals surface area contributed by atoms with Gasteiger partial charge in [-0.15, -0.1) is 0 Å². The van der Waals surface area contributed by atoms with Gasteiger partial charge < -0.3 is 15.2 Å². The molecule has 0 bridgehead atoms. The Kier molecular flexibility index (Phi) is 4.61. The molecule has 0 aliphatic heterocycles. The highest BCUT2D eigenvalue weighted by atomic mass is 16.5. The SMILES string of the molecule is CC(C)(Oc1ccc(NCc2cccc3ccccc23)cc1)C(=O)O. The van der Waals surface area contributed by atoms with E-state index in [-0.39, 0.29) is 0 Å². The van der Waals surface area contributed by atoms with E-state index in [1.807, 2.05) is 24.3 Å². The minimum Gasteiger partial charge on any atom is -0.478 e. The number of anilines is 1. The van der Waals surface area contributed by atoms with Crippen molar-refractivity contribution in [3.8, 4) is 5.75 Å². The number of carbonyl (C=O) groups is 1. The number of hydrogen-bond donors (Lipinski definition) is 2. The third-order valence-electron chi connectivity index (χ3n) is 4.11. The van der Waals surface area contributed by atoms with Crippen LogP contribution < -0.4 is 10.1 Å². The zero-order valence-corrected chi connectivity index (χ0v) is 14.3. The third-order valence-corrected chi connectivity index (χ3v) is 4.11. The molecule has 0 aliphatic carbocycles. The van der Waals surface area contributed by atoms with Gasteiger partial charge in [-0.3, -0.25) is 0 Å². The molecule has 3 aromatic carbocycles. The molecule has 4 nitrogen and oxygen atoms in total. The highest BCUT2D eigenvalue weighted by Gasteiger charge is 2.29. The van der Waals surface area contributed by atoms with Gasteiger partial charge in [0.05, 0.1) is 0 Å². The lowest BCUT2D eigenvalue weighted by Gasteiger charge is -2.21. The van der Waals surface area contributed by atoms with E-state index in [4.69, 9.17) is 9.84 Å². The molecular weight excluding hydrogens is 314 g/mol. The predicted octanol–water partition coefficient (Wildman–Crippen LogP) is 4.69. The maximum atomic E-state index is 11.1. The molecule has 0 saturated carbocycles. The molecule has 25 heavy (non-hydrogen) atoms. The Bertz CT molecular complexity index is 880. The van der Waals surface area contributed by atoms with Gasteiger partial charge in [-0.25, -0.2) is 4.79 Å². The minimum absolute atomic E-state index is 0.531. The van der Waals surface area contributed by atoms with Crippen molar-refractivity contribution in [3.05, 3.63) is 72.3 Å². The summed E-state index contributed by atoms with van der Waals surface area (Å²) < 4.78 is 5.51. The summed E-state index contributed by atoms with van der Waals surface area (Å²) in [5.74, 6) is -0.464. The number of nitrogens with one attached hydrogen (secondary N) is 1. The molecule has 0 saturated heterocycles. The van der Waals surface area contributed by atoms with Crippen LogP contribution in [0.5, 0.6) is 5.75 Å². The van der Waals surface area contributed by atoms with Gasteiger partial charge in [0.25, 0.3) is 0 Å². The van der Waals surface area contributed by atoms with Gasteiger partial charge in [-0.05, 0) is 54.4 Å². The Morgan fingerprint density at radius 2 is 1.68 bits per heavy atom. The van der Waals surface area contributed by atoms with Crippen LogP contribution in [0.2, 0.25) is 0 Å². The van der Waals surface area contributed by atoms with Crippen LogP contribution in [0.15, 0.2) is 66.7 Å². The number of rotatable bonds is 6. The quantitative estimate of drug-likeness (QED) is 0.686. The average molecular weight is 335 g/mol. The van der Waals surface area contributed by atoms with E-state index < -0.39 is 11.6 Å².